The SMILES string of the molecule is O=C([O-])c1cccc(F)c1C(F)(F)F. The molecule has 0 aliphatic heterocycles. The van der Waals surface area contributed by atoms with E-state index in [-0.39, 0.29) is 0 Å². The van der Waals surface area contributed by atoms with E-state index in [1.807, 2.05) is 0 Å². The fourth-order valence-electron chi connectivity index (χ4n) is 0.982. The number of hydrogen-bond acceptors (Lipinski definition) is 2. The molecule has 1 rings (SSSR count). The number of alkyl halides is 3. The van der Waals surface area contributed by atoms with Gasteiger partial charge in [-0.15, -0.1) is 0 Å². The normalized spacial score (nSPS) is 11.4. The molecule has 76 valence electrons. The van der Waals surface area contributed by atoms with Gasteiger partial charge in [0.25, 0.3) is 0 Å². The van der Waals surface area contributed by atoms with E-state index in [1.165, 1.54) is 0 Å². The molecule has 1 aromatic rings. The molecule has 0 bridgehead atoms. The van der Waals surface area contributed by atoms with Crippen LogP contribution in [0.3, 0.4) is 0 Å². The number of benzene rings is 1. The van der Waals surface area contributed by atoms with Gasteiger partial charge in [-0.2, -0.15) is 13.2 Å². The highest BCUT2D eigenvalue weighted by Crippen LogP contribution is 2.33. The Hall–Kier alpha value is -1.59. The predicted molar refractivity (Wildman–Crippen MR) is 35.7 cm³/mol. The zero-order valence-electron chi connectivity index (χ0n) is 6.56. The van der Waals surface area contributed by atoms with Gasteiger partial charge in [0.2, 0.25) is 0 Å². The van der Waals surface area contributed by atoms with E-state index in [4.69, 9.17) is 0 Å². The second-order valence-corrected chi connectivity index (χ2v) is 2.45. The van der Waals surface area contributed by atoms with Crippen molar-refractivity contribution in [2.75, 3.05) is 0 Å². The summed E-state index contributed by atoms with van der Waals surface area (Å²) in [4.78, 5) is 10.2. The first-order valence-corrected chi connectivity index (χ1v) is 3.41. The van der Waals surface area contributed by atoms with Gasteiger partial charge in [0.15, 0.2) is 0 Å². The molecule has 0 saturated heterocycles. The van der Waals surface area contributed by atoms with Gasteiger partial charge in [-0.3, -0.25) is 0 Å². The van der Waals surface area contributed by atoms with Crippen LogP contribution in [0.4, 0.5) is 17.6 Å². The van der Waals surface area contributed by atoms with Gasteiger partial charge in [-0.25, -0.2) is 4.39 Å². The van der Waals surface area contributed by atoms with Crippen LogP contribution in [-0.4, -0.2) is 5.97 Å². The van der Waals surface area contributed by atoms with E-state index < -0.39 is 29.1 Å². The lowest BCUT2D eigenvalue weighted by atomic mass is 10.1. The standard InChI is InChI=1S/C8H4F4O2/c9-5-3-1-2-4(7(13)14)6(5)8(10,11)12/h1-3H,(H,13,14)/p-1. The van der Waals surface area contributed by atoms with Gasteiger partial charge in [0.05, 0.1) is 5.97 Å². The van der Waals surface area contributed by atoms with Crippen LogP contribution >= 0.6 is 0 Å². The Morgan fingerprint density at radius 3 is 2.21 bits per heavy atom. The van der Waals surface area contributed by atoms with Gasteiger partial charge < -0.3 is 9.90 Å². The zero-order valence-corrected chi connectivity index (χ0v) is 6.56. The lowest BCUT2D eigenvalue weighted by Gasteiger charge is -2.13. The quantitative estimate of drug-likeness (QED) is 0.649. The van der Waals surface area contributed by atoms with Crippen molar-refractivity contribution in [3.8, 4) is 0 Å². The Balaban J connectivity index is 3.45. The van der Waals surface area contributed by atoms with E-state index in [1.54, 1.807) is 0 Å². The second-order valence-electron chi connectivity index (χ2n) is 2.45. The third kappa shape index (κ3) is 1.84. The summed E-state index contributed by atoms with van der Waals surface area (Å²) in [6, 6.07) is 2.05. The molecule has 1 aromatic carbocycles. The molecule has 0 heterocycles. The highest BCUT2D eigenvalue weighted by atomic mass is 19.4. The number of rotatable bonds is 1. The van der Waals surface area contributed by atoms with Crippen LogP contribution < -0.4 is 5.11 Å². The van der Waals surface area contributed by atoms with Crippen LogP contribution in [0.25, 0.3) is 0 Å². The summed E-state index contributed by atoms with van der Waals surface area (Å²) < 4.78 is 49.1. The summed E-state index contributed by atoms with van der Waals surface area (Å²) in [5.74, 6) is -3.68. The molecule has 0 fully saturated rings. The molecule has 14 heavy (non-hydrogen) atoms. The molecule has 0 aliphatic carbocycles. The lowest BCUT2D eigenvalue weighted by Crippen LogP contribution is -2.26. The first-order valence-electron chi connectivity index (χ1n) is 3.41. The van der Waals surface area contributed by atoms with E-state index in [0.717, 1.165) is 6.07 Å². The maximum atomic E-state index is 12.7. The van der Waals surface area contributed by atoms with Crippen molar-refractivity contribution < 1.29 is 27.5 Å². The topological polar surface area (TPSA) is 40.1 Å². The molecule has 0 saturated carbocycles. The first-order chi connectivity index (χ1) is 6.34. The summed E-state index contributed by atoms with van der Waals surface area (Å²) in [6.45, 7) is 0. The molecular weight excluding hydrogens is 204 g/mol. The van der Waals surface area contributed by atoms with Gasteiger partial charge in [0, 0.05) is 5.56 Å². The summed E-state index contributed by atoms with van der Waals surface area (Å²) in [5, 5.41) is 10.2. The lowest BCUT2D eigenvalue weighted by molar-refractivity contribution is -0.255. The fraction of sp³-hybridized carbons (Fsp3) is 0.125. The van der Waals surface area contributed by atoms with Crippen LogP contribution in [0.15, 0.2) is 18.2 Å². The fourth-order valence-corrected chi connectivity index (χ4v) is 0.982. The molecule has 0 spiro atoms. The Bertz CT molecular complexity index is 370. The van der Waals surface area contributed by atoms with Crippen LogP contribution in [0.1, 0.15) is 15.9 Å². The molecule has 6 heteroatoms. The van der Waals surface area contributed by atoms with Crippen molar-refractivity contribution in [3.63, 3.8) is 0 Å². The van der Waals surface area contributed by atoms with Crippen molar-refractivity contribution >= 4 is 5.97 Å². The first kappa shape index (κ1) is 10.5. The maximum absolute atomic E-state index is 12.7. The largest absolute Gasteiger partial charge is 0.545 e. The van der Waals surface area contributed by atoms with Crippen molar-refractivity contribution in [1.82, 2.24) is 0 Å². The zero-order chi connectivity index (χ0) is 10.9. The minimum Gasteiger partial charge on any atom is -0.545 e. The molecule has 0 aliphatic rings. The summed E-state index contributed by atoms with van der Waals surface area (Å²) in [6.07, 6.45) is -5.04. The number of hydrogen-bond donors (Lipinski definition) is 0. The summed E-state index contributed by atoms with van der Waals surface area (Å²) >= 11 is 0. The minimum atomic E-state index is -5.04. The number of carbonyl (C=O) groups excluding carboxylic acids is 1. The van der Waals surface area contributed by atoms with Crippen LogP contribution in [0, 0.1) is 5.82 Å². The van der Waals surface area contributed by atoms with Gasteiger partial charge in [-0.1, -0.05) is 12.1 Å². The average molecular weight is 207 g/mol. The molecule has 0 radical (unpaired) electrons. The Morgan fingerprint density at radius 1 is 1.29 bits per heavy atom. The number of aromatic carboxylic acids is 1. The van der Waals surface area contributed by atoms with E-state index in [9.17, 15) is 27.5 Å². The highest BCUT2D eigenvalue weighted by Gasteiger charge is 2.36. The van der Waals surface area contributed by atoms with Gasteiger partial charge in [-0.05, 0) is 6.07 Å². The van der Waals surface area contributed by atoms with Crippen molar-refractivity contribution in [1.29, 1.82) is 0 Å². The third-order valence-corrected chi connectivity index (χ3v) is 1.52. The summed E-state index contributed by atoms with van der Waals surface area (Å²) in [5.41, 5.74) is -3.00. The van der Waals surface area contributed by atoms with E-state index >= 15 is 0 Å². The number of halogens is 4. The molecule has 0 N–H and O–H groups in total. The molecule has 2 nitrogen and oxygen atoms in total. The van der Waals surface area contributed by atoms with Crippen molar-refractivity contribution in [2.45, 2.75) is 6.18 Å². The van der Waals surface area contributed by atoms with Crippen LogP contribution in [-0.2, 0) is 6.18 Å². The average Bonchev–Trinajstić information content (AvgIpc) is 2.01. The molecule has 0 aromatic heterocycles. The highest BCUT2D eigenvalue weighted by molar-refractivity contribution is 5.87. The maximum Gasteiger partial charge on any atom is 0.419 e. The Labute approximate surface area is 75.8 Å². The van der Waals surface area contributed by atoms with Crippen LogP contribution in [0.5, 0.6) is 0 Å². The molecule has 0 atom stereocenters. The van der Waals surface area contributed by atoms with E-state index in [2.05, 4.69) is 0 Å². The van der Waals surface area contributed by atoms with Crippen molar-refractivity contribution in [2.24, 2.45) is 0 Å². The molecule has 0 amide bonds. The second kappa shape index (κ2) is 3.28. The molecular formula is C8H3F4O2-. The Morgan fingerprint density at radius 2 is 1.86 bits per heavy atom. The Kier molecular flexibility index (Phi) is 2.46. The van der Waals surface area contributed by atoms with Crippen molar-refractivity contribution in [3.05, 3.63) is 35.1 Å². The predicted octanol–water partition coefficient (Wildman–Crippen LogP) is 1.21. The van der Waals surface area contributed by atoms with E-state index in [0.29, 0.717) is 12.1 Å². The monoisotopic (exact) mass is 207 g/mol. The third-order valence-electron chi connectivity index (χ3n) is 1.52. The number of carboxylic acids is 1. The molecule has 0 unspecified atom stereocenters. The van der Waals surface area contributed by atoms with Crippen LogP contribution in [0.2, 0.25) is 0 Å². The smallest absolute Gasteiger partial charge is 0.419 e. The summed E-state index contributed by atoms with van der Waals surface area (Å²) in [7, 11) is 0. The van der Waals surface area contributed by atoms with Gasteiger partial charge >= 0.3 is 6.18 Å². The van der Waals surface area contributed by atoms with Gasteiger partial charge in [0.1, 0.15) is 11.4 Å². The number of carbonyl (C=O) groups is 1. The minimum absolute atomic E-state index is 0.537. The number of carboxylic acid groups (broad SMARTS) is 1.